The molecule has 0 aromatic rings. The van der Waals surface area contributed by atoms with Gasteiger partial charge in [-0.3, -0.25) is 0 Å². The minimum Gasteiger partial charge on any atom is -0.380 e. The fraction of sp³-hybridized carbons (Fsp3) is 1.00. The topological polar surface area (TPSA) is 35.2 Å². The van der Waals surface area contributed by atoms with Crippen molar-refractivity contribution < 1.29 is 4.74 Å². The van der Waals surface area contributed by atoms with Crippen LogP contribution in [0, 0.1) is 5.92 Å². The molecule has 0 atom stereocenters. The summed E-state index contributed by atoms with van der Waals surface area (Å²) in [5, 5.41) is 0. The van der Waals surface area contributed by atoms with Crippen molar-refractivity contribution in [2.75, 3.05) is 13.2 Å². The Kier molecular flexibility index (Phi) is 4.90. The number of nitrogens with two attached hydrogens (primary N) is 1. The standard InChI is InChI=1S/C12H25NO/c1-11(2)6-9-14-10-12(13)7-4-3-5-8-12/h11H,3-10,13H2,1-2H3. The quantitative estimate of drug-likeness (QED) is 0.691. The summed E-state index contributed by atoms with van der Waals surface area (Å²) in [6.07, 6.45) is 7.36. The van der Waals surface area contributed by atoms with Crippen molar-refractivity contribution in [3.05, 3.63) is 0 Å². The van der Waals surface area contributed by atoms with Gasteiger partial charge >= 0.3 is 0 Å². The molecule has 0 spiro atoms. The number of rotatable bonds is 5. The van der Waals surface area contributed by atoms with Gasteiger partial charge in [-0.15, -0.1) is 0 Å². The van der Waals surface area contributed by atoms with Gasteiger partial charge in [-0.25, -0.2) is 0 Å². The van der Waals surface area contributed by atoms with E-state index >= 15 is 0 Å². The van der Waals surface area contributed by atoms with E-state index in [9.17, 15) is 0 Å². The summed E-state index contributed by atoms with van der Waals surface area (Å²) in [5.41, 5.74) is 6.25. The van der Waals surface area contributed by atoms with Crippen molar-refractivity contribution in [2.24, 2.45) is 11.7 Å². The fourth-order valence-corrected chi connectivity index (χ4v) is 1.99. The predicted octanol–water partition coefficient (Wildman–Crippen LogP) is 2.71. The first-order valence-corrected chi connectivity index (χ1v) is 5.99. The van der Waals surface area contributed by atoms with Crippen molar-refractivity contribution in [1.29, 1.82) is 0 Å². The van der Waals surface area contributed by atoms with Crippen molar-refractivity contribution in [3.63, 3.8) is 0 Å². The van der Waals surface area contributed by atoms with E-state index < -0.39 is 0 Å². The molecule has 2 nitrogen and oxygen atoms in total. The van der Waals surface area contributed by atoms with Crippen LogP contribution in [0.3, 0.4) is 0 Å². The Labute approximate surface area is 88.2 Å². The zero-order valence-corrected chi connectivity index (χ0v) is 9.72. The second-order valence-corrected chi connectivity index (χ2v) is 5.16. The van der Waals surface area contributed by atoms with E-state index in [0.717, 1.165) is 38.4 Å². The second kappa shape index (κ2) is 5.72. The average molecular weight is 199 g/mol. The minimum absolute atomic E-state index is 0.00473. The van der Waals surface area contributed by atoms with E-state index in [1.54, 1.807) is 0 Å². The first-order valence-electron chi connectivity index (χ1n) is 5.99. The van der Waals surface area contributed by atoms with Gasteiger partial charge in [0, 0.05) is 12.1 Å². The van der Waals surface area contributed by atoms with Crippen LogP contribution in [0.2, 0.25) is 0 Å². The Balaban J connectivity index is 2.09. The van der Waals surface area contributed by atoms with Gasteiger partial charge in [0.25, 0.3) is 0 Å². The van der Waals surface area contributed by atoms with Crippen molar-refractivity contribution in [2.45, 2.75) is 57.9 Å². The second-order valence-electron chi connectivity index (χ2n) is 5.16. The molecule has 0 aromatic carbocycles. The third kappa shape index (κ3) is 4.43. The van der Waals surface area contributed by atoms with Crippen LogP contribution in [0.15, 0.2) is 0 Å². The lowest BCUT2D eigenvalue weighted by atomic mass is 9.83. The highest BCUT2D eigenvalue weighted by Crippen LogP contribution is 2.26. The normalized spacial score (nSPS) is 21.4. The van der Waals surface area contributed by atoms with Crippen molar-refractivity contribution in [1.82, 2.24) is 0 Å². The monoisotopic (exact) mass is 199 g/mol. The highest BCUT2D eigenvalue weighted by atomic mass is 16.5. The largest absolute Gasteiger partial charge is 0.380 e. The molecule has 0 bridgehead atoms. The van der Waals surface area contributed by atoms with E-state index in [-0.39, 0.29) is 5.54 Å². The summed E-state index contributed by atoms with van der Waals surface area (Å²) in [4.78, 5) is 0. The van der Waals surface area contributed by atoms with E-state index in [1.807, 2.05) is 0 Å². The number of hydrogen-bond acceptors (Lipinski definition) is 2. The molecule has 2 N–H and O–H groups in total. The lowest BCUT2D eigenvalue weighted by molar-refractivity contribution is 0.0619. The molecule has 0 amide bonds. The van der Waals surface area contributed by atoms with Crippen molar-refractivity contribution in [3.8, 4) is 0 Å². The van der Waals surface area contributed by atoms with E-state index in [0.29, 0.717) is 0 Å². The third-order valence-corrected chi connectivity index (χ3v) is 3.08. The third-order valence-electron chi connectivity index (χ3n) is 3.08. The molecule has 0 aliphatic heterocycles. The molecule has 0 heterocycles. The molecule has 1 fully saturated rings. The van der Waals surface area contributed by atoms with Gasteiger partial charge in [0.15, 0.2) is 0 Å². The summed E-state index contributed by atoms with van der Waals surface area (Å²) in [5.74, 6) is 0.732. The summed E-state index contributed by atoms with van der Waals surface area (Å²) in [7, 11) is 0. The van der Waals surface area contributed by atoms with Gasteiger partial charge in [0.1, 0.15) is 0 Å². The van der Waals surface area contributed by atoms with Gasteiger partial charge in [-0.1, -0.05) is 33.1 Å². The van der Waals surface area contributed by atoms with Gasteiger partial charge in [-0.05, 0) is 25.2 Å². The van der Waals surface area contributed by atoms with E-state index in [4.69, 9.17) is 10.5 Å². The van der Waals surface area contributed by atoms with Gasteiger partial charge < -0.3 is 10.5 Å². The molecule has 84 valence electrons. The van der Waals surface area contributed by atoms with Crippen LogP contribution >= 0.6 is 0 Å². The molecule has 1 rings (SSSR count). The lowest BCUT2D eigenvalue weighted by Crippen LogP contribution is -2.46. The maximum atomic E-state index is 6.25. The molecular weight excluding hydrogens is 174 g/mol. The Morgan fingerprint density at radius 3 is 2.43 bits per heavy atom. The van der Waals surface area contributed by atoms with Gasteiger partial charge in [-0.2, -0.15) is 0 Å². The number of hydrogen-bond donors (Lipinski definition) is 1. The number of ether oxygens (including phenoxy) is 1. The van der Waals surface area contributed by atoms with E-state index in [2.05, 4.69) is 13.8 Å². The molecule has 1 saturated carbocycles. The van der Waals surface area contributed by atoms with Crippen LogP contribution < -0.4 is 5.73 Å². The van der Waals surface area contributed by atoms with Gasteiger partial charge in [0.05, 0.1) is 6.61 Å². The SMILES string of the molecule is CC(C)CCOCC1(N)CCCCC1. The van der Waals surface area contributed by atoms with Crippen molar-refractivity contribution >= 4 is 0 Å². The summed E-state index contributed by atoms with van der Waals surface area (Å²) >= 11 is 0. The summed E-state index contributed by atoms with van der Waals surface area (Å²) in [6, 6.07) is 0. The Morgan fingerprint density at radius 2 is 1.86 bits per heavy atom. The van der Waals surface area contributed by atoms with Crippen LogP contribution in [0.1, 0.15) is 52.4 Å². The summed E-state index contributed by atoms with van der Waals surface area (Å²) in [6.45, 7) is 6.08. The molecule has 14 heavy (non-hydrogen) atoms. The highest BCUT2D eigenvalue weighted by Gasteiger charge is 2.27. The van der Waals surface area contributed by atoms with Crippen LogP contribution in [0.25, 0.3) is 0 Å². The maximum Gasteiger partial charge on any atom is 0.0646 e. The zero-order chi connectivity index (χ0) is 10.4. The molecule has 2 heteroatoms. The van der Waals surface area contributed by atoms with Crippen LogP contribution in [0.4, 0.5) is 0 Å². The Bertz CT molecular complexity index is 150. The molecule has 0 radical (unpaired) electrons. The first-order chi connectivity index (χ1) is 6.62. The van der Waals surface area contributed by atoms with E-state index in [1.165, 1.54) is 19.3 Å². The lowest BCUT2D eigenvalue weighted by Gasteiger charge is -2.33. The smallest absolute Gasteiger partial charge is 0.0646 e. The average Bonchev–Trinajstić information content (AvgIpc) is 2.14. The minimum atomic E-state index is -0.00473. The zero-order valence-electron chi connectivity index (χ0n) is 9.72. The first kappa shape index (κ1) is 12.0. The molecule has 0 saturated heterocycles. The van der Waals surface area contributed by atoms with Crippen LogP contribution in [0.5, 0.6) is 0 Å². The van der Waals surface area contributed by atoms with Gasteiger partial charge in [0.2, 0.25) is 0 Å². The molecule has 0 aromatic heterocycles. The Morgan fingerprint density at radius 1 is 1.21 bits per heavy atom. The molecular formula is C12H25NO. The maximum absolute atomic E-state index is 6.25. The predicted molar refractivity (Wildman–Crippen MR) is 60.3 cm³/mol. The highest BCUT2D eigenvalue weighted by molar-refractivity contribution is 4.86. The molecule has 1 aliphatic carbocycles. The van der Waals surface area contributed by atoms with Crippen LogP contribution in [-0.4, -0.2) is 18.8 Å². The van der Waals surface area contributed by atoms with Crippen LogP contribution in [-0.2, 0) is 4.74 Å². The summed E-state index contributed by atoms with van der Waals surface area (Å²) < 4.78 is 5.66. The fourth-order valence-electron chi connectivity index (χ4n) is 1.99. The Hall–Kier alpha value is -0.0800. The molecule has 0 unspecified atom stereocenters. The molecule has 1 aliphatic rings.